The molecule has 3 rings (SSSR count). The predicted molar refractivity (Wildman–Crippen MR) is 80.1 cm³/mol. The lowest BCUT2D eigenvalue weighted by Gasteiger charge is -2.42. The van der Waals surface area contributed by atoms with E-state index in [1.165, 1.54) is 18.9 Å². The van der Waals surface area contributed by atoms with Gasteiger partial charge in [0.1, 0.15) is 0 Å². The zero-order valence-corrected chi connectivity index (χ0v) is 12.7. The van der Waals surface area contributed by atoms with Crippen LogP contribution in [0.2, 0.25) is 0 Å². The zero-order valence-electron chi connectivity index (χ0n) is 12.7. The molecule has 0 aromatic heterocycles. The smallest absolute Gasteiger partial charge is 0.246 e. The lowest BCUT2D eigenvalue weighted by Crippen LogP contribution is -2.53. The molecule has 1 amide bonds. The first-order valence-electron chi connectivity index (χ1n) is 8.17. The lowest BCUT2D eigenvalue weighted by molar-refractivity contribution is -0.196. The summed E-state index contributed by atoms with van der Waals surface area (Å²) < 4.78 is 12.2. The first kappa shape index (κ1) is 15.0. The van der Waals surface area contributed by atoms with E-state index in [4.69, 9.17) is 9.47 Å². The quantitative estimate of drug-likeness (QED) is 0.730. The molecule has 3 unspecified atom stereocenters. The van der Waals surface area contributed by atoms with E-state index in [9.17, 15) is 4.79 Å². The van der Waals surface area contributed by atoms with Gasteiger partial charge in [-0.15, -0.1) is 0 Å². The molecule has 3 atom stereocenters. The van der Waals surface area contributed by atoms with E-state index in [2.05, 4.69) is 11.5 Å². The predicted octanol–water partition coefficient (Wildman–Crippen LogP) is 1.04. The summed E-state index contributed by atoms with van der Waals surface area (Å²) in [5.41, 5.74) is 0. The van der Waals surface area contributed by atoms with E-state index in [1.807, 2.05) is 4.90 Å². The van der Waals surface area contributed by atoms with Crippen molar-refractivity contribution in [2.24, 2.45) is 0 Å². The molecule has 118 valence electrons. The summed E-state index contributed by atoms with van der Waals surface area (Å²) in [6, 6.07) is 0. The van der Waals surface area contributed by atoms with Crippen LogP contribution in [-0.2, 0) is 14.3 Å². The Morgan fingerprint density at radius 1 is 1.14 bits per heavy atom. The first-order valence-corrected chi connectivity index (χ1v) is 8.17. The van der Waals surface area contributed by atoms with Crippen LogP contribution in [0.1, 0.15) is 25.7 Å². The van der Waals surface area contributed by atoms with Crippen molar-refractivity contribution >= 4 is 5.91 Å². The third kappa shape index (κ3) is 3.65. The first-order chi connectivity index (χ1) is 10.3. The Bertz CT molecular complexity index is 380. The zero-order chi connectivity index (χ0) is 14.7. The lowest BCUT2D eigenvalue weighted by atomic mass is 9.93. The summed E-state index contributed by atoms with van der Waals surface area (Å²) in [4.78, 5) is 15.8. The number of hydrogen-bond acceptors (Lipinski definition) is 4. The van der Waals surface area contributed by atoms with Gasteiger partial charge in [0.2, 0.25) is 5.91 Å². The number of hydrogen-bond donors (Lipinski definition) is 0. The van der Waals surface area contributed by atoms with Crippen molar-refractivity contribution in [2.75, 3.05) is 39.3 Å². The Morgan fingerprint density at radius 3 is 2.57 bits per heavy atom. The minimum Gasteiger partial charge on any atom is -0.373 e. The molecule has 0 N–H and O–H groups in total. The summed E-state index contributed by atoms with van der Waals surface area (Å²) in [5.74, 6) is 0.0388. The highest BCUT2D eigenvalue weighted by Crippen LogP contribution is 2.28. The number of rotatable bonds is 3. The Labute approximate surface area is 126 Å². The highest BCUT2D eigenvalue weighted by Gasteiger charge is 2.34. The molecular weight excluding hydrogens is 268 g/mol. The van der Waals surface area contributed by atoms with Crippen LogP contribution in [0.5, 0.6) is 0 Å². The largest absolute Gasteiger partial charge is 0.373 e. The van der Waals surface area contributed by atoms with Crippen LogP contribution < -0.4 is 0 Å². The van der Waals surface area contributed by atoms with Gasteiger partial charge in [0, 0.05) is 32.7 Å². The Balaban J connectivity index is 1.43. The number of nitrogens with zero attached hydrogens (tertiary/aromatic N) is 2. The van der Waals surface area contributed by atoms with Gasteiger partial charge in [-0.25, -0.2) is 0 Å². The molecule has 2 heterocycles. The maximum Gasteiger partial charge on any atom is 0.246 e. The van der Waals surface area contributed by atoms with E-state index in [0.717, 1.165) is 45.6 Å². The Kier molecular flexibility index (Phi) is 4.93. The average molecular weight is 294 g/mol. The monoisotopic (exact) mass is 294 g/mol. The fourth-order valence-electron chi connectivity index (χ4n) is 3.59. The summed E-state index contributed by atoms with van der Waals surface area (Å²) in [6.07, 6.45) is 7.05. The molecule has 2 aliphatic heterocycles. The van der Waals surface area contributed by atoms with E-state index >= 15 is 0 Å². The van der Waals surface area contributed by atoms with E-state index in [0.29, 0.717) is 18.8 Å². The molecule has 21 heavy (non-hydrogen) atoms. The third-order valence-corrected chi connectivity index (χ3v) is 4.83. The van der Waals surface area contributed by atoms with Crippen molar-refractivity contribution in [1.29, 1.82) is 0 Å². The van der Waals surface area contributed by atoms with Crippen LogP contribution in [0, 0.1) is 0 Å². The molecule has 5 heteroatoms. The van der Waals surface area contributed by atoms with Crippen LogP contribution in [0.25, 0.3) is 0 Å². The minimum absolute atomic E-state index is 0.0388. The Morgan fingerprint density at radius 2 is 1.86 bits per heavy atom. The minimum atomic E-state index is 0.0388. The fraction of sp³-hybridized carbons (Fsp3) is 0.812. The van der Waals surface area contributed by atoms with E-state index < -0.39 is 0 Å². The molecular formula is C16H26N2O3. The standard InChI is InChI=1S/C16H26N2O3/c1-2-16(19)18-9-7-17(8-10-18)11-13-12-20-14-5-3-4-6-15(14)21-13/h2,13-15H,1,3-12H2. The molecule has 0 aromatic rings. The van der Waals surface area contributed by atoms with Gasteiger partial charge in [-0.3, -0.25) is 9.69 Å². The third-order valence-electron chi connectivity index (χ3n) is 4.83. The van der Waals surface area contributed by atoms with Crippen LogP contribution >= 0.6 is 0 Å². The summed E-state index contributed by atoms with van der Waals surface area (Å²) in [6.45, 7) is 8.56. The summed E-state index contributed by atoms with van der Waals surface area (Å²) in [5, 5.41) is 0. The van der Waals surface area contributed by atoms with E-state index in [1.54, 1.807) is 0 Å². The second-order valence-corrected chi connectivity index (χ2v) is 6.28. The van der Waals surface area contributed by atoms with Gasteiger partial charge in [-0.1, -0.05) is 19.4 Å². The molecule has 3 fully saturated rings. The highest BCUT2D eigenvalue weighted by atomic mass is 16.6. The molecule has 1 aliphatic carbocycles. The molecule has 0 bridgehead atoms. The van der Waals surface area contributed by atoms with Crippen molar-refractivity contribution in [3.63, 3.8) is 0 Å². The van der Waals surface area contributed by atoms with Gasteiger partial charge in [0.25, 0.3) is 0 Å². The van der Waals surface area contributed by atoms with Crippen molar-refractivity contribution in [1.82, 2.24) is 9.80 Å². The molecule has 3 aliphatic rings. The fourth-order valence-corrected chi connectivity index (χ4v) is 3.59. The number of carbonyl (C=O) groups excluding carboxylic acids is 1. The number of amides is 1. The molecule has 5 nitrogen and oxygen atoms in total. The van der Waals surface area contributed by atoms with Gasteiger partial charge in [0.15, 0.2) is 0 Å². The van der Waals surface area contributed by atoms with Crippen molar-refractivity contribution in [3.8, 4) is 0 Å². The maximum atomic E-state index is 11.6. The maximum absolute atomic E-state index is 11.6. The van der Waals surface area contributed by atoms with Crippen molar-refractivity contribution in [2.45, 2.75) is 44.0 Å². The average Bonchev–Trinajstić information content (AvgIpc) is 2.55. The molecule has 0 radical (unpaired) electrons. The molecule has 0 spiro atoms. The number of piperazine rings is 1. The summed E-state index contributed by atoms with van der Waals surface area (Å²) in [7, 11) is 0. The molecule has 0 aromatic carbocycles. The van der Waals surface area contributed by atoms with Gasteiger partial charge in [0.05, 0.1) is 24.9 Å². The van der Waals surface area contributed by atoms with Gasteiger partial charge in [-0.05, 0) is 18.9 Å². The number of fused-ring (bicyclic) bond motifs is 1. The Hall–Kier alpha value is -0.910. The van der Waals surface area contributed by atoms with Gasteiger partial charge < -0.3 is 14.4 Å². The second-order valence-electron chi connectivity index (χ2n) is 6.28. The summed E-state index contributed by atoms with van der Waals surface area (Å²) >= 11 is 0. The van der Waals surface area contributed by atoms with Crippen molar-refractivity contribution in [3.05, 3.63) is 12.7 Å². The van der Waals surface area contributed by atoms with Crippen LogP contribution in [0.15, 0.2) is 12.7 Å². The number of carbonyl (C=O) groups is 1. The SMILES string of the molecule is C=CC(=O)N1CCN(CC2COC3CCCCC3O2)CC1. The van der Waals surface area contributed by atoms with E-state index in [-0.39, 0.29) is 12.0 Å². The van der Waals surface area contributed by atoms with Gasteiger partial charge >= 0.3 is 0 Å². The highest BCUT2D eigenvalue weighted by molar-refractivity contribution is 5.87. The topological polar surface area (TPSA) is 42.0 Å². The number of ether oxygens (including phenoxy) is 2. The molecule has 2 saturated heterocycles. The normalized spacial score (nSPS) is 34.3. The molecule has 1 saturated carbocycles. The van der Waals surface area contributed by atoms with Gasteiger partial charge in [-0.2, -0.15) is 0 Å². The van der Waals surface area contributed by atoms with Crippen LogP contribution in [0.3, 0.4) is 0 Å². The van der Waals surface area contributed by atoms with Crippen LogP contribution in [0.4, 0.5) is 0 Å². The second kappa shape index (κ2) is 6.90. The van der Waals surface area contributed by atoms with Crippen LogP contribution in [-0.4, -0.2) is 73.3 Å². The van der Waals surface area contributed by atoms with Crippen molar-refractivity contribution < 1.29 is 14.3 Å².